The van der Waals surface area contributed by atoms with Crippen LogP contribution in [0.4, 0.5) is 17.1 Å². The molecular weight excluding hydrogens is 356 g/mol. The Morgan fingerprint density at radius 1 is 1.04 bits per heavy atom. The Labute approximate surface area is 164 Å². The normalized spacial score (nSPS) is 14.7. The summed E-state index contributed by atoms with van der Waals surface area (Å²) in [5.41, 5.74) is 7.91. The van der Waals surface area contributed by atoms with Crippen LogP contribution in [0.1, 0.15) is 10.4 Å². The van der Waals surface area contributed by atoms with Crippen molar-refractivity contribution in [2.24, 2.45) is 0 Å². The molecule has 0 unspecified atom stereocenters. The highest BCUT2D eigenvalue weighted by Gasteiger charge is 2.09. The lowest BCUT2D eigenvalue weighted by molar-refractivity contribution is -0.111. The number of nitrogens with zero attached hydrogens (tertiary/aromatic N) is 1. The first kappa shape index (κ1) is 19.6. The molecule has 7 nitrogen and oxygen atoms in total. The summed E-state index contributed by atoms with van der Waals surface area (Å²) in [5.74, 6) is -0.508. The molecule has 0 spiro atoms. The van der Waals surface area contributed by atoms with Crippen molar-refractivity contribution in [2.45, 2.75) is 0 Å². The maximum Gasteiger partial charge on any atom is 0.255 e. The highest BCUT2D eigenvalue weighted by molar-refractivity contribution is 6.06. The topological polar surface area (TPSA) is 96.7 Å². The Hall–Kier alpha value is -3.16. The molecular formula is C21H24N4O3. The van der Waals surface area contributed by atoms with Crippen molar-refractivity contribution in [1.29, 1.82) is 0 Å². The van der Waals surface area contributed by atoms with E-state index in [-0.39, 0.29) is 11.8 Å². The van der Waals surface area contributed by atoms with E-state index in [1.54, 1.807) is 48.5 Å². The summed E-state index contributed by atoms with van der Waals surface area (Å²) in [5, 5.41) is 5.57. The van der Waals surface area contributed by atoms with Gasteiger partial charge in [0.05, 0.1) is 13.2 Å². The minimum atomic E-state index is -0.274. The third kappa shape index (κ3) is 5.94. The summed E-state index contributed by atoms with van der Waals surface area (Å²) in [6, 6.07) is 13.7. The average Bonchev–Trinajstić information content (AvgIpc) is 2.69. The first-order valence-electron chi connectivity index (χ1n) is 9.15. The number of carbonyl (C=O) groups excluding carboxylic acids is 2. The van der Waals surface area contributed by atoms with Crippen LogP contribution >= 0.6 is 0 Å². The second-order valence-corrected chi connectivity index (χ2v) is 6.46. The Morgan fingerprint density at radius 2 is 1.75 bits per heavy atom. The molecule has 0 atom stereocenters. The Kier molecular flexibility index (Phi) is 6.78. The van der Waals surface area contributed by atoms with Crippen molar-refractivity contribution >= 4 is 28.9 Å². The van der Waals surface area contributed by atoms with E-state index in [4.69, 9.17) is 10.5 Å². The second-order valence-electron chi connectivity index (χ2n) is 6.46. The first-order valence-corrected chi connectivity index (χ1v) is 9.15. The van der Waals surface area contributed by atoms with Gasteiger partial charge in [-0.1, -0.05) is 18.2 Å². The minimum absolute atomic E-state index is 0.235. The van der Waals surface area contributed by atoms with Gasteiger partial charge in [0.2, 0.25) is 5.91 Å². The Morgan fingerprint density at radius 3 is 2.50 bits per heavy atom. The number of amides is 2. The summed E-state index contributed by atoms with van der Waals surface area (Å²) in [6.07, 6.45) is 3.34. The van der Waals surface area contributed by atoms with Gasteiger partial charge in [-0.25, -0.2) is 0 Å². The van der Waals surface area contributed by atoms with Crippen LogP contribution in [-0.2, 0) is 9.53 Å². The molecule has 2 aromatic carbocycles. The zero-order valence-corrected chi connectivity index (χ0v) is 15.6. The van der Waals surface area contributed by atoms with Crippen LogP contribution in [0, 0.1) is 0 Å². The van der Waals surface area contributed by atoms with Gasteiger partial charge in [0, 0.05) is 48.3 Å². The number of nitrogens with two attached hydrogens (primary N) is 1. The van der Waals surface area contributed by atoms with Gasteiger partial charge in [0.15, 0.2) is 0 Å². The number of hydrogen-bond donors (Lipinski definition) is 3. The van der Waals surface area contributed by atoms with E-state index in [0.29, 0.717) is 29.2 Å². The number of hydrogen-bond acceptors (Lipinski definition) is 5. The van der Waals surface area contributed by atoms with Gasteiger partial charge in [-0.05, 0) is 36.4 Å². The molecule has 28 heavy (non-hydrogen) atoms. The van der Waals surface area contributed by atoms with Crippen LogP contribution in [0.2, 0.25) is 0 Å². The van der Waals surface area contributed by atoms with E-state index in [1.807, 2.05) is 6.08 Å². The van der Waals surface area contributed by atoms with Gasteiger partial charge in [-0.3, -0.25) is 14.5 Å². The summed E-state index contributed by atoms with van der Waals surface area (Å²) in [4.78, 5) is 26.7. The molecule has 1 fully saturated rings. The summed E-state index contributed by atoms with van der Waals surface area (Å²) in [6.45, 7) is 3.90. The largest absolute Gasteiger partial charge is 0.399 e. The zero-order valence-electron chi connectivity index (χ0n) is 15.6. The first-order chi connectivity index (χ1) is 13.6. The molecule has 7 heteroatoms. The maximum atomic E-state index is 12.4. The van der Waals surface area contributed by atoms with Gasteiger partial charge < -0.3 is 21.1 Å². The Balaban J connectivity index is 1.54. The highest BCUT2D eigenvalue weighted by Crippen LogP contribution is 2.15. The van der Waals surface area contributed by atoms with Crippen LogP contribution in [-0.4, -0.2) is 49.6 Å². The predicted molar refractivity (Wildman–Crippen MR) is 110 cm³/mol. The van der Waals surface area contributed by atoms with E-state index in [0.717, 1.165) is 26.3 Å². The smallest absolute Gasteiger partial charge is 0.255 e. The minimum Gasteiger partial charge on any atom is -0.399 e. The quantitative estimate of drug-likeness (QED) is 0.528. The zero-order chi connectivity index (χ0) is 19.8. The molecule has 0 aliphatic carbocycles. The average molecular weight is 380 g/mol. The van der Waals surface area contributed by atoms with Crippen molar-refractivity contribution in [3.63, 3.8) is 0 Å². The lowest BCUT2D eigenvalue weighted by Crippen LogP contribution is -2.36. The summed E-state index contributed by atoms with van der Waals surface area (Å²) >= 11 is 0. The predicted octanol–water partition coefficient (Wildman–Crippen LogP) is 2.35. The van der Waals surface area contributed by atoms with Crippen molar-refractivity contribution in [1.82, 2.24) is 4.90 Å². The van der Waals surface area contributed by atoms with Crippen molar-refractivity contribution < 1.29 is 14.3 Å². The van der Waals surface area contributed by atoms with Gasteiger partial charge in [-0.2, -0.15) is 0 Å². The fourth-order valence-electron chi connectivity index (χ4n) is 2.83. The van der Waals surface area contributed by atoms with Crippen LogP contribution in [0.25, 0.3) is 0 Å². The second kappa shape index (κ2) is 9.68. The SMILES string of the molecule is Nc1cccc(NC(=O)c2cccc(NC(=O)C=CCN3CCOCC3)c2)c1. The van der Waals surface area contributed by atoms with Crippen LogP contribution in [0.3, 0.4) is 0 Å². The Bertz CT molecular complexity index is 860. The molecule has 0 aromatic heterocycles. The number of nitrogen functional groups attached to an aromatic ring is 1. The number of carbonyl (C=O) groups is 2. The van der Waals surface area contributed by atoms with Crippen molar-refractivity contribution in [3.8, 4) is 0 Å². The van der Waals surface area contributed by atoms with Crippen LogP contribution in [0.5, 0.6) is 0 Å². The third-order valence-corrected chi connectivity index (χ3v) is 4.27. The third-order valence-electron chi connectivity index (χ3n) is 4.27. The standard InChI is InChI=1S/C21H24N4O3/c22-17-5-2-7-19(15-17)24-21(27)16-4-1-6-18(14-16)23-20(26)8-3-9-25-10-12-28-13-11-25/h1-8,14-15H,9-13,22H2,(H,23,26)(H,24,27). The lowest BCUT2D eigenvalue weighted by atomic mass is 10.1. The van der Waals surface area contributed by atoms with E-state index in [1.165, 1.54) is 6.08 Å². The van der Waals surface area contributed by atoms with E-state index < -0.39 is 0 Å². The monoisotopic (exact) mass is 380 g/mol. The fourth-order valence-corrected chi connectivity index (χ4v) is 2.83. The molecule has 0 saturated carbocycles. The molecule has 146 valence electrons. The summed E-state index contributed by atoms with van der Waals surface area (Å²) < 4.78 is 5.30. The summed E-state index contributed by atoms with van der Waals surface area (Å²) in [7, 11) is 0. The lowest BCUT2D eigenvalue weighted by Gasteiger charge is -2.25. The molecule has 0 bridgehead atoms. The number of ether oxygens (including phenoxy) is 1. The maximum absolute atomic E-state index is 12.4. The number of morpholine rings is 1. The van der Waals surface area contributed by atoms with Crippen molar-refractivity contribution in [2.75, 3.05) is 49.2 Å². The number of benzene rings is 2. The molecule has 3 rings (SSSR count). The van der Waals surface area contributed by atoms with E-state index in [2.05, 4.69) is 15.5 Å². The van der Waals surface area contributed by atoms with Crippen LogP contribution in [0.15, 0.2) is 60.7 Å². The number of anilines is 3. The van der Waals surface area contributed by atoms with Crippen molar-refractivity contribution in [3.05, 3.63) is 66.2 Å². The molecule has 1 heterocycles. The molecule has 4 N–H and O–H groups in total. The van der Waals surface area contributed by atoms with Gasteiger partial charge >= 0.3 is 0 Å². The number of nitrogens with one attached hydrogen (secondary N) is 2. The van der Waals surface area contributed by atoms with Gasteiger partial charge in [0.1, 0.15) is 0 Å². The molecule has 0 radical (unpaired) electrons. The molecule has 1 aliphatic heterocycles. The van der Waals surface area contributed by atoms with Crippen LogP contribution < -0.4 is 16.4 Å². The number of rotatable bonds is 6. The van der Waals surface area contributed by atoms with Gasteiger partial charge in [-0.15, -0.1) is 0 Å². The highest BCUT2D eigenvalue weighted by atomic mass is 16.5. The van der Waals surface area contributed by atoms with E-state index in [9.17, 15) is 9.59 Å². The fraction of sp³-hybridized carbons (Fsp3) is 0.238. The molecule has 1 saturated heterocycles. The molecule has 1 aliphatic rings. The van der Waals surface area contributed by atoms with E-state index >= 15 is 0 Å². The molecule has 2 aromatic rings. The van der Waals surface area contributed by atoms with Gasteiger partial charge in [0.25, 0.3) is 5.91 Å². The molecule has 2 amide bonds.